The molecule has 10 heteroatoms. The summed E-state index contributed by atoms with van der Waals surface area (Å²) in [5.41, 5.74) is -2.18. The van der Waals surface area contributed by atoms with Gasteiger partial charge in [0.1, 0.15) is 0 Å². The number of rotatable bonds is 5. The average molecular weight is 585 g/mol. The second kappa shape index (κ2) is 7.54. The van der Waals surface area contributed by atoms with Gasteiger partial charge in [0.15, 0.2) is 0 Å². The van der Waals surface area contributed by atoms with E-state index in [-0.39, 0.29) is 5.56 Å². The smallest absolute Gasteiger partial charge is 0.223 e. The largest absolute Gasteiger partial charge is 0.426 e. The van der Waals surface area contributed by atoms with Gasteiger partial charge in [0.05, 0.1) is 0 Å². The van der Waals surface area contributed by atoms with E-state index in [0.717, 1.165) is 22.7 Å². The zero-order valence-corrected chi connectivity index (χ0v) is 15.9. The van der Waals surface area contributed by atoms with Crippen molar-refractivity contribution in [3.63, 3.8) is 0 Å². The Labute approximate surface area is 144 Å². The van der Waals surface area contributed by atoms with Crippen molar-refractivity contribution in [1.29, 1.82) is 0 Å². The Morgan fingerprint density at radius 3 is 1.78 bits per heavy atom. The van der Waals surface area contributed by atoms with Crippen LogP contribution in [0.4, 0.5) is 13.2 Å². The molecule has 0 aromatic heterocycles. The van der Waals surface area contributed by atoms with Crippen molar-refractivity contribution in [2.24, 2.45) is 0 Å². The Hall–Kier alpha value is 1.57. The van der Waals surface area contributed by atoms with Crippen molar-refractivity contribution >= 4 is 76.6 Å². The van der Waals surface area contributed by atoms with Gasteiger partial charge in [-0.15, -0.1) is 0 Å². The summed E-state index contributed by atoms with van der Waals surface area (Å²) in [7, 11) is 1.77. The Kier molecular flexibility index (Phi) is 7.38. The molecule has 0 unspecified atom stereocenters. The second-order valence-electron chi connectivity index (χ2n) is 3.11. The van der Waals surface area contributed by atoms with Crippen LogP contribution in [0.5, 0.6) is 0 Å². The van der Waals surface area contributed by atoms with Crippen molar-refractivity contribution in [2.75, 3.05) is 0 Å². The van der Waals surface area contributed by atoms with Crippen molar-refractivity contribution < 1.29 is 13.2 Å². The fourth-order valence-corrected chi connectivity index (χ4v) is 4.35. The Balaban J connectivity index is 3.28. The van der Waals surface area contributed by atoms with Gasteiger partial charge in [-0.2, -0.15) is 13.2 Å². The summed E-state index contributed by atoms with van der Waals surface area (Å²) in [5, 5.41) is 0. The summed E-state index contributed by atoms with van der Waals surface area (Å²) in [4.78, 5) is 0. The van der Waals surface area contributed by atoms with E-state index in [0.29, 0.717) is 0 Å². The van der Waals surface area contributed by atoms with Crippen LogP contribution in [0.25, 0.3) is 0 Å². The number of hydrogen-bond acceptors (Lipinski definition) is 4. The van der Waals surface area contributed by atoms with Gasteiger partial charge in [-0.05, 0) is 35.9 Å². The lowest BCUT2D eigenvalue weighted by atomic mass is 10.0. The molecule has 18 heavy (non-hydrogen) atoms. The van der Waals surface area contributed by atoms with Gasteiger partial charge < -0.3 is 0 Å². The fraction of sp³-hybridized carbons (Fsp3) is 0.250. The molecule has 0 aliphatic rings. The van der Waals surface area contributed by atoms with Gasteiger partial charge in [0.25, 0.3) is 0 Å². The predicted octanol–water partition coefficient (Wildman–Crippen LogP) is 5.34. The second-order valence-corrected chi connectivity index (χ2v) is 7.39. The third kappa shape index (κ3) is 4.04. The van der Waals surface area contributed by atoms with Crippen LogP contribution < -0.4 is 9.44 Å². The molecule has 0 heterocycles. The van der Waals surface area contributed by atoms with Crippen LogP contribution >= 0.6 is 76.6 Å². The van der Waals surface area contributed by atoms with Crippen molar-refractivity contribution in [3.8, 4) is 0 Å². The lowest BCUT2D eigenvalue weighted by molar-refractivity contribution is -0.197. The quantitative estimate of drug-likeness (QED) is 0.277. The number of benzene rings is 1. The van der Waals surface area contributed by atoms with Crippen LogP contribution in [0, 0.1) is 0 Å². The van der Waals surface area contributed by atoms with Crippen LogP contribution in [0.2, 0.25) is 0 Å². The van der Waals surface area contributed by atoms with Gasteiger partial charge in [-0.1, -0.05) is 28.1 Å². The number of halogens is 6. The minimum Gasteiger partial charge on any atom is -0.223 e. The average Bonchev–Trinajstić information content (AvgIpc) is 2.28. The third-order valence-electron chi connectivity index (χ3n) is 2.09. The molecule has 0 fully saturated rings. The minimum atomic E-state index is -4.48. The summed E-state index contributed by atoms with van der Waals surface area (Å²) < 4.78 is 45.6. The molecule has 0 radical (unpaired) electrons. The van der Waals surface area contributed by atoms with Gasteiger partial charge in [0.2, 0.25) is 5.66 Å². The maximum absolute atomic E-state index is 13.4. The highest BCUT2D eigenvalue weighted by Crippen LogP contribution is 2.41. The van der Waals surface area contributed by atoms with Crippen LogP contribution in [0.1, 0.15) is 5.56 Å². The van der Waals surface area contributed by atoms with E-state index in [1.54, 1.807) is 54.5 Å². The Bertz CT molecular complexity index is 385. The van der Waals surface area contributed by atoms with Crippen LogP contribution in [-0.2, 0) is 5.66 Å². The summed E-state index contributed by atoms with van der Waals surface area (Å²) in [6.07, 6.45) is -4.48. The van der Waals surface area contributed by atoms with Crippen molar-refractivity contribution in [2.45, 2.75) is 11.8 Å². The summed E-state index contributed by atoms with van der Waals surface area (Å²) >= 11 is 6.75. The monoisotopic (exact) mass is 584 g/mol. The number of nitrogens with one attached hydrogen (secondary N) is 2. The minimum absolute atomic E-state index is 0.103. The number of alkyl halides is 3. The lowest BCUT2D eigenvalue weighted by Crippen LogP contribution is -2.58. The first-order valence-corrected chi connectivity index (χ1v) is 11.8. The molecule has 0 saturated carbocycles. The maximum Gasteiger partial charge on any atom is 0.426 e. The Morgan fingerprint density at radius 2 is 1.44 bits per heavy atom. The van der Waals surface area contributed by atoms with Crippen LogP contribution in [0.3, 0.4) is 0 Å². The molecule has 0 aliphatic heterocycles. The SMILES string of the molecule is FC(F)(F)C(NSI)(NSI)c1ccc(Br)cc1. The lowest BCUT2D eigenvalue weighted by Gasteiger charge is -2.35. The van der Waals surface area contributed by atoms with E-state index >= 15 is 0 Å². The fourth-order valence-electron chi connectivity index (χ4n) is 1.23. The van der Waals surface area contributed by atoms with Crippen molar-refractivity contribution in [1.82, 2.24) is 9.44 Å². The molecule has 0 bridgehead atoms. The highest BCUT2D eigenvalue weighted by atomic mass is 127. The summed E-state index contributed by atoms with van der Waals surface area (Å²) in [5.74, 6) is 0. The Morgan fingerprint density at radius 1 is 1.00 bits per heavy atom. The first-order chi connectivity index (χ1) is 8.37. The zero-order chi connectivity index (χ0) is 13.8. The topological polar surface area (TPSA) is 24.1 Å². The molecule has 1 rings (SSSR count). The molecule has 1 aromatic carbocycles. The van der Waals surface area contributed by atoms with E-state index in [2.05, 4.69) is 25.4 Å². The standard InChI is InChI=1S/C8H6BrF3I2N2S2/c9-6-3-1-5(2-4-6)7(15-17-13,16-18-14)8(10,11)12/h1-4,15-16H. The first kappa shape index (κ1) is 17.6. The molecule has 102 valence electrons. The molecule has 2 N–H and O–H groups in total. The molecule has 0 atom stereocenters. The normalized spacial score (nSPS) is 12.8. The molecule has 0 aliphatic carbocycles. The number of hydrogen-bond donors (Lipinski definition) is 2. The van der Waals surface area contributed by atoms with Gasteiger partial charge in [-0.3, -0.25) is 0 Å². The highest BCUT2D eigenvalue weighted by Gasteiger charge is 2.56. The van der Waals surface area contributed by atoms with E-state index in [1.807, 2.05) is 0 Å². The van der Waals surface area contributed by atoms with E-state index < -0.39 is 11.8 Å². The molecular weight excluding hydrogens is 579 g/mol. The van der Waals surface area contributed by atoms with Gasteiger partial charge >= 0.3 is 6.18 Å². The zero-order valence-electron chi connectivity index (χ0n) is 8.39. The van der Waals surface area contributed by atoms with E-state index in [4.69, 9.17) is 0 Å². The molecule has 0 amide bonds. The molecule has 2 nitrogen and oxygen atoms in total. The molecule has 0 spiro atoms. The highest BCUT2D eigenvalue weighted by molar-refractivity contribution is 14.2. The molecule has 0 saturated heterocycles. The van der Waals surface area contributed by atoms with E-state index in [1.165, 1.54) is 12.1 Å². The van der Waals surface area contributed by atoms with Crippen LogP contribution in [-0.4, -0.2) is 6.18 Å². The molecule has 1 aromatic rings. The van der Waals surface area contributed by atoms with E-state index in [9.17, 15) is 13.2 Å². The maximum atomic E-state index is 13.4. The van der Waals surface area contributed by atoms with Crippen molar-refractivity contribution in [3.05, 3.63) is 34.3 Å². The van der Waals surface area contributed by atoms with Gasteiger partial charge in [0, 0.05) is 46.9 Å². The van der Waals surface area contributed by atoms with Gasteiger partial charge in [-0.25, -0.2) is 9.44 Å². The summed E-state index contributed by atoms with van der Waals surface area (Å²) in [6, 6.07) is 6.01. The summed E-state index contributed by atoms with van der Waals surface area (Å²) in [6.45, 7) is 0. The van der Waals surface area contributed by atoms with Crippen LogP contribution in [0.15, 0.2) is 28.7 Å². The predicted molar refractivity (Wildman–Crippen MR) is 91.4 cm³/mol. The molecular formula is C8H6BrF3I2N2S2. The third-order valence-corrected chi connectivity index (χ3v) is 4.70. The first-order valence-electron chi connectivity index (χ1n) is 4.29.